The summed E-state index contributed by atoms with van der Waals surface area (Å²) in [5.41, 5.74) is 0. The first kappa shape index (κ1) is 84.1. The number of hydrogen-bond donors (Lipinski definition) is 3. The van der Waals surface area contributed by atoms with Gasteiger partial charge in [-0.15, -0.1) is 0 Å². The summed E-state index contributed by atoms with van der Waals surface area (Å²) >= 11 is 0. The third kappa shape index (κ3) is 60.9. The van der Waals surface area contributed by atoms with Gasteiger partial charge in [0.15, 0.2) is 12.2 Å². The van der Waals surface area contributed by atoms with Crippen LogP contribution in [-0.2, 0) is 65.4 Å². The van der Waals surface area contributed by atoms with E-state index < -0.39 is 97.5 Å². The summed E-state index contributed by atoms with van der Waals surface area (Å²) in [5.74, 6) is -2.12. The summed E-state index contributed by atoms with van der Waals surface area (Å²) in [7, 11) is -9.89. The Kier molecular flexibility index (Phi) is 60.5. The van der Waals surface area contributed by atoms with Gasteiger partial charge in [0.2, 0.25) is 0 Å². The van der Waals surface area contributed by atoms with Gasteiger partial charge in [0.25, 0.3) is 0 Å². The number of aliphatic hydroxyl groups is 1. The van der Waals surface area contributed by atoms with Crippen LogP contribution in [0.3, 0.4) is 0 Å². The molecule has 0 heterocycles. The molecule has 2 unspecified atom stereocenters. The third-order valence-corrected chi connectivity index (χ3v) is 17.5. The number of esters is 4. The molecule has 0 fully saturated rings. The molecule has 0 aromatic carbocycles. The number of phosphoric ester groups is 2. The summed E-state index contributed by atoms with van der Waals surface area (Å²) in [6.07, 6.45) is 48.3. The highest BCUT2D eigenvalue weighted by Gasteiger charge is 2.30. The average Bonchev–Trinajstić information content (AvgIpc) is 3.52. The van der Waals surface area contributed by atoms with Crippen LogP contribution in [0.4, 0.5) is 0 Å². The largest absolute Gasteiger partial charge is 0.472 e. The lowest BCUT2D eigenvalue weighted by atomic mass is 10.0. The van der Waals surface area contributed by atoms with E-state index in [0.29, 0.717) is 25.7 Å². The Morgan fingerprint density at radius 2 is 0.465 bits per heavy atom. The maximum Gasteiger partial charge on any atom is 0.472 e. The average molecular weight is 1270 g/mol. The van der Waals surface area contributed by atoms with E-state index in [4.69, 9.17) is 37.0 Å². The van der Waals surface area contributed by atoms with Crippen molar-refractivity contribution in [3.8, 4) is 0 Å². The molecule has 0 rings (SSSR count). The standard InChI is InChI=1S/C67H130O17P2/c1-5-9-13-17-21-25-29-30-34-38-42-46-50-54-67(72)84-63(58-78-65(70)52-48-44-40-36-32-27-23-19-15-11-7-3)60-82-86(75,76)80-56-61(68)55-79-85(73,74)81-59-62(83-66(71)53-49-45-41-37-33-28-24-20-16-12-8-4)57-77-64(69)51-47-43-39-35-31-26-22-18-14-10-6-2/h61-63,68H,5-60H2,1-4H3,(H,73,74)(H,75,76)/t61-,62+,63+/m0/s1. The van der Waals surface area contributed by atoms with Crippen LogP contribution in [0, 0.1) is 0 Å². The van der Waals surface area contributed by atoms with Crippen molar-refractivity contribution in [1.82, 2.24) is 0 Å². The van der Waals surface area contributed by atoms with Crippen LogP contribution in [0.2, 0.25) is 0 Å². The van der Waals surface area contributed by atoms with E-state index in [-0.39, 0.29) is 25.7 Å². The van der Waals surface area contributed by atoms with Crippen LogP contribution < -0.4 is 0 Å². The summed E-state index contributed by atoms with van der Waals surface area (Å²) in [6.45, 7) is 4.92. The van der Waals surface area contributed by atoms with Gasteiger partial charge in [-0.2, -0.15) is 0 Å². The summed E-state index contributed by atoms with van der Waals surface area (Å²) in [6, 6.07) is 0. The minimum Gasteiger partial charge on any atom is -0.462 e. The molecule has 0 aromatic rings. The van der Waals surface area contributed by atoms with Gasteiger partial charge < -0.3 is 33.8 Å². The first-order chi connectivity index (χ1) is 41.7. The minimum atomic E-state index is -4.94. The monoisotopic (exact) mass is 1270 g/mol. The van der Waals surface area contributed by atoms with Crippen molar-refractivity contribution < 1.29 is 80.2 Å². The van der Waals surface area contributed by atoms with Crippen LogP contribution in [0.1, 0.15) is 349 Å². The van der Waals surface area contributed by atoms with E-state index in [1.54, 1.807) is 0 Å². The number of carbonyl (C=O) groups is 4. The molecule has 0 aliphatic carbocycles. The van der Waals surface area contributed by atoms with Crippen molar-refractivity contribution in [2.24, 2.45) is 0 Å². The smallest absolute Gasteiger partial charge is 0.462 e. The Morgan fingerprint density at radius 3 is 0.686 bits per heavy atom. The number of unbranched alkanes of at least 4 members (excludes halogenated alkanes) is 42. The summed E-state index contributed by atoms with van der Waals surface area (Å²) in [4.78, 5) is 72.4. The molecule has 0 radical (unpaired) electrons. The molecular weight excluding hydrogens is 1140 g/mol. The van der Waals surface area contributed by atoms with Crippen molar-refractivity contribution in [3.05, 3.63) is 0 Å². The maximum absolute atomic E-state index is 13.0. The Bertz CT molecular complexity index is 1650. The zero-order valence-electron chi connectivity index (χ0n) is 55.3. The Labute approximate surface area is 524 Å². The second-order valence-corrected chi connectivity index (χ2v) is 27.1. The lowest BCUT2D eigenvalue weighted by Gasteiger charge is -2.21. The Morgan fingerprint density at radius 1 is 0.279 bits per heavy atom. The highest BCUT2D eigenvalue weighted by Crippen LogP contribution is 2.45. The summed E-state index contributed by atoms with van der Waals surface area (Å²) in [5, 5.41) is 10.6. The lowest BCUT2D eigenvalue weighted by Crippen LogP contribution is -2.30. The van der Waals surface area contributed by atoms with Gasteiger partial charge in [-0.1, -0.05) is 297 Å². The fourth-order valence-corrected chi connectivity index (χ4v) is 11.7. The maximum atomic E-state index is 13.0. The molecule has 17 nitrogen and oxygen atoms in total. The topological polar surface area (TPSA) is 237 Å². The van der Waals surface area contributed by atoms with Crippen molar-refractivity contribution in [2.45, 2.75) is 367 Å². The van der Waals surface area contributed by atoms with Crippen molar-refractivity contribution in [2.75, 3.05) is 39.6 Å². The van der Waals surface area contributed by atoms with Gasteiger partial charge in [0, 0.05) is 25.7 Å². The van der Waals surface area contributed by atoms with Crippen LogP contribution in [-0.4, -0.2) is 96.7 Å². The Balaban J connectivity index is 5.24. The van der Waals surface area contributed by atoms with E-state index in [1.165, 1.54) is 180 Å². The molecule has 19 heteroatoms. The normalized spacial score (nSPS) is 14.1. The number of rotatable bonds is 68. The van der Waals surface area contributed by atoms with E-state index in [2.05, 4.69) is 27.7 Å². The van der Waals surface area contributed by atoms with Gasteiger partial charge >= 0.3 is 39.5 Å². The minimum absolute atomic E-state index is 0.108. The molecule has 0 aliphatic heterocycles. The molecule has 0 spiro atoms. The number of hydrogen-bond acceptors (Lipinski definition) is 15. The zero-order chi connectivity index (χ0) is 63.3. The second kappa shape index (κ2) is 61.9. The van der Waals surface area contributed by atoms with Gasteiger partial charge in [-0.25, -0.2) is 9.13 Å². The van der Waals surface area contributed by atoms with Crippen molar-refractivity contribution in [3.63, 3.8) is 0 Å². The number of carbonyl (C=O) groups excluding carboxylic acids is 4. The highest BCUT2D eigenvalue weighted by atomic mass is 31.2. The van der Waals surface area contributed by atoms with Gasteiger partial charge in [-0.05, 0) is 25.7 Å². The van der Waals surface area contributed by atoms with E-state index in [0.717, 1.165) is 89.9 Å². The predicted octanol–water partition coefficient (Wildman–Crippen LogP) is 19.1. The molecule has 0 saturated heterocycles. The van der Waals surface area contributed by atoms with Gasteiger partial charge in [-0.3, -0.25) is 37.3 Å². The molecule has 510 valence electrons. The molecule has 3 N–H and O–H groups in total. The number of aliphatic hydroxyl groups excluding tert-OH is 1. The first-order valence-electron chi connectivity index (χ1n) is 35.3. The lowest BCUT2D eigenvalue weighted by molar-refractivity contribution is -0.161. The van der Waals surface area contributed by atoms with E-state index in [1.807, 2.05) is 0 Å². The van der Waals surface area contributed by atoms with Gasteiger partial charge in [0.1, 0.15) is 19.3 Å². The second-order valence-electron chi connectivity index (χ2n) is 24.2. The fourth-order valence-electron chi connectivity index (χ4n) is 10.2. The zero-order valence-corrected chi connectivity index (χ0v) is 57.1. The molecule has 0 saturated carbocycles. The van der Waals surface area contributed by atoms with Crippen LogP contribution in [0.25, 0.3) is 0 Å². The summed E-state index contributed by atoms with van der Waals surface area (Å²) < 4.78 is 68.1. The fraction of sp³-hybridized carbons (Fsp3) is 0.940. The SMILES string of the molecule is CCCCCCCCCCCCCCCC(=O)O[C@H](COC(=O)CCCCCCCCCCCCC)COP(=O)(O)OC[C@@H](O)COP(=O)(O)OC[C@@H](COC(=O)CCCCCCCCCCCCC)OC(=O)CCCCCCCCCCCCC. The van der Waals surface area contributed by atoms with Crippen LogP contribution >= 0.6 is 15.6 Å². The van der Waals surface area contributed by atoms with Crippen molar-refractivity contribution >= 4 is 39.5 Å². The van der Waals surface area contributed by atoms with Crippen LogP contribution in [0.15, 0.2) is 0 Å². The third-order valence-electron chi connectivity index (χ3n) is 15.6. The van der Waals surface area contributed by atoms with Crippen molar-refractivity contribution in [1.29, 1.82) is 0 Å². The van der Waals surface area contributed by atoms with Crippen LogP contribution in [0.5, 0.6) is 0 Å². The number of phosphoric acid groups is 2. The van der Waals surface area contributed by atoms with E-state index >= 15 is 0 Å². The molecular formula is C67H130O17P2. The molecule has 5 atom stereocenters. The molecule has 0 aromatic heterocycles. The molecule has 0 aliphatic rings. The first-order valence-corrected chi connectivity index (χ1v) is 38.3. The quantitative estimate of drug-likeness (QED) is 0.0222. The predicted molar refractivity (Wildman–Crippen MR) is 345 cm³/mol. The van der Waals surface area contributed by atoms with Gasteiger partial charge in [0.05, 0.1) is 26.4 Å². The van der Waals surface area contributed by atoms with E-state index in [9.17, 15) is 43.2 Å². The Hall–Kier alpha value is -1.94. The highest BCUT2D eigenvalue weighted by molar-refractivity contribution is 7.47. The molecule has 86 heavy (non-hydrogen) atoms. The number of ether oxygens (including phenoxy) is 4. The molecule has 0 amide bonds. The molecule has 0 bridgehead atoms.